The number of hydrogen-bond donors (Lipinski definition) is 4. The summed E-state index contributed by atoms with van der Waals surface area (Å²) in [6, 6.07) is 0. The molecule has 0 fully saturated rings. The van der Waals surface area contributed by atoms with Crippen molar-refractivity contribution in [1.82, 2.24) is 4.98 Å². The third-order valence-electron chi connectivity index (χ3n) is 1.89. The van der Waals surface area contributed by atoms with E-state index in [0.29, 0.717) is 11.6 Å². The summed E-state index contributed by atoms with van der Waals surface area (Å²) in [5.74, 6) is 0.261. The van der Waals surface area contributed by atoms with Gasteiger partial charge in [-0.2, -0.15) is 4.99 Å². The van der Waals surface area contributed by atoms with Crippen LogP contribution in [0.3, 0.4) is 0 Å². The van der Waals surface area contributed by atoms with Crippen molar-refractivity contribution in [1.29, 1.82) is 5.41 Å². The van der Waals surface area contributed by atoms with E-state index in [0.717, 1.165) is 25.0 Å². The molecule has 0 saturated carbocycles. The standard InChI is InChI=1S/C9H16N6S/c10-7(11)4-2-1-3-6-5-16-9(14-6)15-8(12)13/h5H,1-4H2,(H3,10,11)(H4,12,13,14,15). The Hall–Kier alpha value is -1.63. The number of thiazole rings is 1. The lowest BCUT2D eigenvalue weighted by Gasteiger charge is -1.97. The molecule has 0 aliphatic rings. The van der Waals surface area contributed by atoms with Crippen molar-refractivity contribution in [2.24, 2.45) is 22.2 Å². The molecule has 88 valence electrons. The second-order valence-electron chi connectivity index (χ2n) is 3.39. The molecule has 1 aromatic rings. The summed E-state index contributed by atoms with van der Waals surface area (Å²) in [7, 11) is 0. The van der Waals surface area contributed by atoms with Gasteiger partial charge in [-0.3, -0.25) is 5.41 Å². The molecule has 7 heteroatoms. The first-order valence-electron chi connectivity index (χ1n) is 4.95. The highest BCUT2D eigenvalue weighted by Crippen LogP contribution is 2.19. The minimum absolute atomic E-state index is 0.0254. The Bertz CT molecular complexity index is 379. The van der Waals surface area contributed by atoms with Crippen LogP contribution in [0.4, 0.5) is 5.13 Å². The molecule has 0 unspecified atom stereocenters. The fourth-order valence-electron chi connectivity index (χ4n) is 1.19. The molecular weight excluding hydrogens is 224 g/mol. The van der Waals surface area contributed by atoms with Gasteiger partial charge >= 0.3 is 0 Å². The zero-order valence-electron chi connectivity index (χ0n) is 8.94. The molecule has 0 aliphatic carbocycles. The van der Waals surface area contributed by atoms with Gasteiger partial charge < -0.3 is 17.2 Å². The number of nitrogens with zero attached hydrogens (tertiary/aromatic N) is 2. The minimum Gasteiger partial charge on any atom is -0.388 e. The predicted molar refractivity (Wildman–Crippen MR) is 67.1 cm³/mol. The number of rotatable bonds is 6. The van der Waals surface area contributed by atoms with Crippen LogP contribution in [0.15, 0.2) is 10.4 Å². The summed E-state index contributed by atoms with van der Waals surface area (Å²) in [5, 5.41) is 9.60. The van der Waals surface area contributed by atoms with E-state index in [1.807, 2.05) is 5.38 Å². The Morgan fingerprint density at radius 1 is 1.38 bits per heavy atom. The van der Waals surface area contributed by atoms with Gasteiger partial charge in [-0.05, 0) is 19.3 Å². The number of hydrogen-bond acceptors (Lipinski definition) is 4. The summed E-state index contributed by atoms with van der Waals surface area (Å²) >= 11 is 1.42. The molecule has 1 rings (SSSR count). The van der Waals surface area contributed by atoms with E-state index in [1.54, 1.807) is 0 Å². The maximum absolute atomic E-state index is 7.08. The Morgan fingerprint density at radius 2 is 2.12 bits per heavy atom. The third kappa shape index (κ3) is 4.74. The molecule has 0 atom stereocenters. The second kappa shape index (κ2) is 6.06. The summed E-state index contributed by atoms with van der Waals surface area (Å²) in [4.78, 5) is 8.12. The highest BCUT2D eigenvalue weighted by atomic mass is 32.1. The van der Waals surface area contributed by atoms with E-state index in [1.165, 1.54) is 11.3 Å². The van der Waals surface area contributed by atoms with Crippen LogP contribution in [0.25, 0.3) is 0 Å². The van der Waals surface area contributed by atoms with Gasteiger partial charge in [0.2, 0.25) is 5.13 Å². The molecule has 1 heterocycles. The van der Waals surface area contributed by atoms with E-state index < -0.39 is 0 Å². The minimum atomic E-state index is 0.0254. The van der Waals surface area contributed by atoms with Crippen LogP contribution >= 0.6 is 11.3 Å². The molecule has 0 aromatic carbocycles. The van der Waals surface area contributed by atoms with Gasteiger partial charge in [0.05, 0.1) is 11.5 Å². The van der Waals surface area contributed by atoms with Crippen molar-refractivity contribution in [2.75, 3.05) is 0 Å². The van der Waals surface area contributed by atoms with Crippen LogP contribution in [-0.4, -0.2) is 16.8 Å². The summed E-state index contributed by atoms with van der Waals surface area (Å²) in [6.07, 6.45) is 3.38. The molecule has 7 N–H and O–H groups in total. The monoisotopic (exact) mass is 240 g/mol. The van der Waals surface area contributed by atoms with E-state index in [4.69, 9.17) is 22.6 Å². The Kier molecular flexibility index (Phi) is 4.71. The molecule has 0 saturated heterocycles. The average molecular weight is 240 g/mol. The van der Waals surface area contributed by atoms with Gasteiger partial charge in [0.25, 0.3) is 0 Å². The SMILES string of the molecule is N=C(N)CCCCc1csc(N=C(N)N)n1. The van der Waals surface area contributed by atoms with Gasteiger partial charge in [-0.1, -0.05) is 0 Å². The molecule has 0 amide bonds. The molecule has 0 spiro atoms. The van der Waals surface area contributed by atoms with Crippen molar-refractivity contribution in [3.05, 3.63) is 11.1 Å². The molecule has 6 nitrogen and oxygen atoms in total. The number of nitrogens with one attached hydrogen (secondary N) is 1. The number of aromatic nitrogens is 1. The first kappa shape index (κ1) is 12.4. The fraction of sp³-hybridized carbons (Fsp3) is 0.444. The zero-order chi connectivity index (χ0) is 12.0. The van der Waals surface area contributed by atoms with Gasteiger partial charge in [0.15, 0.2) is 5.96 Å². The fourth-order valence-corrected chi connectivity index (χ4v) is 1.93. The van der Waals surface area contributed by atoms with Gasteiger partial charge in [-0.25, -0.2) is 4.98 Å². The van der Waals surface area contributed by atoms with Crippen molar-refractivity contribution in [2.45, 2.75) is 25.7 Å². The van der Waals surface area contributed by atoms with Crippen LogP contribution in [0.5, 0.6) is 0 Å². The number of unbranched alkanes of at least 4 members (excludes halogenated alkanes) is 1. The normalized spacial score (nSPS) is 10.0. The number of amidine groups is 1. The number of guanidine groups is 1. The van der Waals surface area contributed by atoms with Gasteiger partial charge in [0.1, 0.15) is 0 Å². The lowest BCUT2D eigenvalue weighted by molar-refractivity contribution is 0.747. The average Bonchev–Trinajstić information content (AvgIpc) is 2.59. The largest absolute Gasteiger partial charge is 0.388 e. The van der Waals surface area contributed by atoms with Crippen LogP contribution in [0, 0.1) is 5.41 Å². The molecule has 0 aliphatic heterocycles. The summed E-state index contributed by atoms with van der Waals surface area (Å²) in [6.45, 7) is 0. The van der Waals surface area contributed by atoms with Crippen LogP contribution in [-0.2, 0) is 6.42 Å². The summed E-state index contributed by atoms with van der Waals surface area (Å²) in [5.41, 5.74) is 16.7. The first-order chi connectivity index (χ1) is 7.58. The van der Waals surface area contributed by atoms with E-state index in [-0.39, 0.29) is 11.8 Å². The number of aryl methyl sites for hydroxylation is 1. The smallest absolute Gasteiger partial charge is 0.212 e. The van der Waals surface area contributed by atoms with Crippen LogP contribution in [0.1, 0.15) is 25.0 Å². The van der Waals surface area contributed by atoms with Crippen LogP contribution in [0.2, 0.25) is 0 Å². The Labute approximate surface area is 98.1 Å². The molecular formula is C9H16N6S. The van der Waals surface area contributed by atoms with Gasteiger partial charge in [0, 0.05) is 11.8 Å². The Balaban J connectivity index is 2.35. The van der Waals surface area contributed by atoms with Crippen molar-refractivity contribution in [3.63, 3.8) is 0 Å². The predicted octanol–water partition coefficient (Wildman–Crippen LogP) is 0.697. The molecule has 0 bridgehead atoms. The molecule has 16 heavy (non-hydrogen) atoms. The number of aliphatic imine (C=N–C) groups is 1. The van der Waals surface area contributed by atoms with E-state index in [2.05, 4.69) is 9.98 Å². The topological polar surface area (TPSA) is 127 Å². The number of nitrogens with two attached hydrogens (primary N) is 3. The highest BCUT2D eigenvalue weighted by Gasteiger charge is 2.01. The van der Waals surface area contributed by atoms with Crippen molar-refractivity contribution < 1.29 is 0 Å². The maximum atomic E-state index is 7.08. The lowest BCUT2D eigenvalue weighted by Crippen LogP contribution is -2.21. The quantitative estimate of drug-likeness (QED) is 0.331. The molecule has 0 radical (unpaired) electrons. The maximum Gasteiger partial charge on any atom is 0.212 e. The van der Waals surface area contributed by atoms with Crippen molar-refractivity contribution in [3.8, 4) is 0 Å². The first-order valence-corrected chi connectivity index (χ1v) is 5.83. The second-order valence-corrected chi connectivity index (χ2v) is 4.23. The summed E-state index contributed by atoms with van der Waals surface area (Å²) < 4.78 is 0. The van der Waals surface area contributed by atoms with Crippen LogP contribution < -0.4 is 17.2 Å². The molecule has 1 aromatic heterocycles. The highest BCUT2D eigenvalue weighted by molar-refractivity contribution is 7.13. The van der Waals surface area contributed by atoms with Crippen molar-refractivity contribution >= 4 is 28.3 Å². The van der Waals surface area contributed by atoms with E-state index >= 15 is 0 Å². The lowest BCUT2D eigenvalue weighted by atomic mass is 10.1. The Morgan fingerprint density at radius 3 is 2.75 bits per heavy atom. The van der Waals surface area contributed by atoms with E-state index in [9.17, 15) is 0 Å². The third-order valence-corrected chi connectivity index (χ3v) is 2.68. The van der Waals surface area contributed by atoms with Gasteiger partial charge in [-0.15, -0.1) is 11.3 Å². The zero-order valence-corrected chi connectivity index (χ0v) is 9.76.